The number of carbonyl (C=O) groups excluding carboxylic acids is 2. The third-order valence-electron chi connectivity index (χ3n) is 6.14. The number of halogens is 1. The Morgan fingerprint density at radius 3 is 2.66 bits per heavy atom. The molecule has 2 aromatic heterocycles. The lowest BCUT2D eigenvalue weighted by atomic mass is 10.0. The van der Waals surface area contributed by atoms with Gasteiger partial charge in [-0.25, -0.2) is 4.98 Å². The van der Waals surface area contributed by atoms with Crippen molar-refractivity contribution in [2.75, 3.05) is 24.5 Å². The van der Waals surface area contributed by atoms with Crippen molar-refractivity contribution in [3.05, 3.63) is 21.9 Å². The quantitative estimate of drug-likeness (QED) is 0.522. The third kappa shape index (κ3) is 3.98. The highest BCUT2D eigenvalue weighted by Gasteiger charge is 2.29. The maximum Gasteiger partial charge on any atom is 0.268 e. The van der Waals surface area contributed by atoms with Crippen molar-refractivity contribution < 1.29 is 9.59 Å². The molecule has 4 rings (SSSR count). The molecule has 2 aromatic rings. The zero-order valence-corrected chi connectivity index (χ0v) is 17.9. The third-order valence-corrected chi connectivity index (χ3v) is 6.89. The van der Waals surface area contributed by atoms with Gasteiger partial charge in [-0.2, -0.15) is 0 Å². The number of nitrogens with zero attached hydrogens (tertiary/aromatic N) is 2. The average molecular weight is 463 g/mol. The standard InChI is InChI=1S/C20H27BrN6O2/c21-15-16(19(23)29)26-20-14(13(9-25-20)18(22)28)17(15)27-7-3-6-12(10-27)24-8-11-4-1-2-5-11/h9,11-12,24H,1-8,10H2,(H2,22,28)(H2,23,29)(H,25,26)/t12-/m1/s1. The minimum atomic E-state index is -0.622. The summed E-state index contributed by atoms with van der Waals surface area (Å²) in [6, 6.07) is 0.354. The molecule has 0 bridgehead atoms. The van der Waals surface area contributed by atoms with Crippen molar-refractivity contribution >= 4 is 44.5 Å². The van der Waals surface area contributed by atoms with E-state index in [1.807, 2.05) is 0 Å². The summed E-state index contributed by atoms with van der Waals surface area (Å²) in [7, 11) is 0. The molecule has 6 N–H and O–H groups in total. The largest absolute Gasteiger partial charge is 0.368 e. The molecule has 1 aliphatic carbocycles. The fraction of sp³-hybridized carbons (Fsp3) is 0.550. The first-order valence-electron chi connectivity index (χ1n) is 10.2. The Kier molecular flexibility index (Phi) is 5.78. The molecular weight excluding hydrogens is 436 g/mol. The molecule has 8 nitrogen and oxygen atoms in total. The number of hydrogen-bond donors (Lipinski definition) is 4. The zero-order valence-electron chi connectivity index (χ0n) is 16.3. The van der Waals surface area contributed by atoms with Crippen molar-refractivity contribution in [3.8, 4) is 0 Å². The van der Waals surface area contributed by atoms with E-state index < -0.39 is 11.8 Å². The Morgan fingerprint density at radius 1 is 1.21 bits per heavy atom. The van der Waals surface area contributed by atoms with E-state index in [1.54, 1.807) is 6.20 Å². The Balaban J connectivity index is 1.67. The lowest BCUT2D eigenvalue weighted by Crippen LogP contribution is -2.47. The van der Waals surface area contributed by atoms with E-state index in [1.165, 1.54) is 25.7 Å². The van der Waals surface area contributed by atoms with E-state index in [2.05, 4.69) is 36.1 Å². The molecule has 156 valence electrons. The molecule has 1 aliphatic heterocycles. The summed E-state index contributed by atoms with van der Waals surface area (Å²) in [6.07, 6.45) is 8.96. The fourth-order valence-corrected chi connectivity index (χ4v) is 5.41. The summed E-state index contributed by atoms with van der Waals surface area (Å²) in [5.41, 5.74) is 12.8. The molecule has 2 aliphatic rings. The van der Waals surface area contributed by atoms with Crippen LogP contribution in [0.5, 0.6) is 0 Å². The van der Waals surface area contributed by atoms with Gasteiger partial charge in [0.05, 0.1) is 21.1 Å². The summed E-state index contributed by atoms with van der Waals surface area (Å²) in [5, 5.41) is 4.37. The lowest BCUT2D eigenvalue weighted by molar-refractivity contribution is 0.0990. The second-order valence-electron chi connectivity index (χ2n) is 8.12. The van der Waals surface area contributed by atoms with Crippen LogP contribution in [0.3, 0.4) is 0 Å². The lowest BCUT2D eigenvalue weighted by Gasteiger charge is -2.36. The van der Waals surface area contributed by atoms with Crippen LogP contribution in [0.2, 0.25) is 0 Å². The van der Waals surface area contributed by atoms with Crippen molar-refractivity contribution in [1.82, 2.24) is 15.3 Å². The molecule has 2 amide bonds. The Labute approximate surface area is 177 Å². The van der Waals surface area contributed by atoms with Crippen LogP contribution in [0.15, 0.2) is 10.7 Å². The molecule has 1 saturated carbocycles. The second kappa shape index (κ2) is 8.31. The van der Waals surface area contributed by atoms with Gasteiger partial charge in [0.15, 0.2) is 0 Å². The van der Waals surface area contributed by atoms with Gasteiger partial charge in [0.2, 0.25) is 0 Å². The fourth-order valence-electron chi connectivity index (χ4n) is 4.67. The minimum absolute atomic E-state index is 0.145. The number of aromatic amines is 1. The van der Waals surface area contributed by atoms with Crippen LogP contribution in [0.1, 0.15) is 59.4 Å². The molecule has 9 heteroatoms. The number of rotatable bonds is 6. The number of piperidine rings is 1. The highest BCUT2D eigenvalue weighted by atomic mass is 79.9. The van der Waals surface area contributed by atoms with E-state index in [0.29, 0.717) is 27.1 Å². The predicted molar refractivity (Wildman–Crippen MR) is 116 cm³/mol. The van der Waals surface area contributed by atoms with Gasteiger partial charge in [-0.3, -0.25) is 9.59 Å². The van der Waals surface area contributed by atoms with Crippen molar-refractivity contribution in [3.63, 3.8) is 0 Å². The topological polar surface area (TPSA) is 130 Å². The minimum Gasteiger partial charge on any atom is -0.368 e. The molecule has 29 heavy (non-hydrogen) atoms. The maximum absolute atomic E-state index is 12.0. The SMILES string of the molecule is NC(=O)c1nc2[nH]cc(C(N)=O)c2c(N2CCC[C@@H](NCC3CCCC3)C2)c1Br. The summed E-state index contributed by atoms with van der Waals surface area (Å²) in [4.78, 5) is 33.4. The number of fused-ring (bicyclic) bond motifs is 1. The average Bonchev–Trinajstić information content (AvgIpc) is 3.35. The number of amides is 2. The molecule has 0 radical (unpaired) electrons. The number of H-pyrrole nitrogens is 1. The summed E-state index contributed by atoms with van der Waals surface area (Å²) < 4.78 is 0.510. The van der Waals surface area contributed by atoms with Crippen LogP contribution >= 0.6 is 15.9 Å². The monoisotopic (exact) mass is 462 g/mol. The van der Waals surface area contributed by atoms with Crippen LogP contribution in [0.4, 0.5) is 5.69 Å². The highest BCUT2D eigenvalue weighted by Crippen LogP contribution is 2.39. The summed E-state index contributed by atoms with van der Waals surface area (Å²) in [6.45, 7) is 2.65. The molecule has 0 spiro atoms. The van der Waals surface area contributed by atoms with E-state index in [0.717, 1.165) is 44.1 Å². The van der Waals surface area contributed by atoms with Gasteiger partial charge in [0.1, 0.15) is 11.3 Å². The van der Waals surface area contributed by atoms with Gasteiger partial charge < -0.3 is 26.7 Å². The van der Waals surface area contributed by atoms with E-state index in [-0.39, 0.29) is 5.69 Å². The summed E-state index contributed by atoms with van der Waals surface area (Å²) >= 11 is 3.53. The Hall–Kier alpha value is -2.13. The van der Waals surface area contributed by atoms with Crippen LogP contribution in [-0.2, 0) is 0 Å². The van der Waals surface area contributed by atoms with Gasteiger partial charge in [-0.1, -0.05) is 12.8 Å². The predicted octanol–water partition coefficient (Wildman–Crippen LogP) is 2.27. The van der Waals surface area contributed by atoms with Crippen molar-refractivity contribution in [1.29, 1.82) is 0 Å². The molecule has 0 unspecified atom stereocenters. The van der Waals surface area contributed by atoms with Crippen molar-refractivity contribution in [2.45, 2.75) is 44.6 Å². The van der Waals surface area contributed by atoms with Gasteiger partial charge in [0, 0.05) is 25.3 Å². The highest BCUT2D eigenvalue weighted by molar-refractivity contribution is 9.10. The van der Waals surface area contributed by atoms with Crippen LogP contribution < -0.4 is 21.7 Å². The Bertz CT molecular complexity index is 937. The van der Waals surface area contributed by atoms with Gasteiger partial charge in [-0.15, -0.1) is 0 Å². The first-order valence-corrected chi connectivity index (χ1v) is 11.0. The maximum atomic E-state index is 12.0. The number of nitrogens with one attached hydrogen (secondary N) is 2. The number of aromatic nitrogens is 2. The number of anilines is 1. The molecule has 1 atom stereocenters. The van der Waals surface area contributed by atoms with Gasteiger partial charge in [0.25, 0.3) is 11.8 Å². The number of pyridine rings is 1. The van der Waals surface area contributed by atoms with Gasteiger partial charge >= 0.3 is 0 Å². The molecule has 0 aromatic carbocycles. The number of carbonyl (C=O) groups is 2. The molecular formula is C20H27BrN6O2. The van der Waals surface area contributed by atoms with E-state index >= 15 is 0 Å². The normalized spacial score (nSPS) is 20.4. The first kappa shape index (κ1) is 20.2. The van der Waals surface area contributed by atoms with Crippen LogP contribution in [0, 0.1) is 5.92 Å². The smallest absolute Gasteiger partial charge is 0.268 e. The number of hydrogen-bond acceptors (Lipinski definition) is 5. The van der Waals surface area contributed by atoms with Crippen molar-refractivity contribution in [2.24, 2.45) is 17.4 Å². The Morgan fingerprint density at radius 2 is 1.97 bits per heavy atom. The second-order valence-corrected chi connectivity index (χ2v) is 8.91. The number of nitrogens with two attached hydrogens (primary N) is 2. The molecule has 2 fully saturated rings. The van der Waals surface area contributed by atoms with Crippen LogP contribution in [-0.4, -0.2) is 47.5 Å². The molecule has 1 saturated heterocycles. The van der Waals surface area contributed by atoms with Gasteiger partial charge in [-0.05, 0) is 54.1 Å². The van der Waals surface area contributed by atoms with Crippen LogP contribution in [0.25, 0.3) is 11.0 Å². The van der Waals surface area contributed by atoms with E-state index in [4.69, 9.17) is 11.5 Å². The summed E-state index contributed by atoms with van der Waals surface area (Å²) in [5.74, 6) is -0.383. The molecule has 3 heterocycles. The zero-order chi connectivity index (χ0) is 20.5. The first-order chi connectivity index (χ1) is 14.0. The number of primary amides is 2. The van der Waals surface area contributed by atoms with E-state index in [9.17, 15) is 9.59 Å².